The maximum Gasteiger partial charge on any atom is 0.411 e. The van der Waals surface area contributed by atoms with Crippen molar-refractivity contribution >= 4 is 23.1 Å². The van der Waals surface area contributed by atoms with Crippen molar-refractivity contribution in [2.24, 2.45) is 11.8 Å². The lowest BCUT2D eigenvalue weighted by atomic mass is 9.77. The van der Waals surface area contributed by atoms with Crippen LogP contribution in [0.3, 0.4) is 0 Å². The summed E-state index contributed by atoms with van der Waals surface area (Å²) >= 11 is 1.63. The molecule has 4 heterocycles. The molecule has 180 valence electrons. The summed E-state index contributed by atoms with van der Waals surface area (Å²) in [4.78, 5) is 13.7. The number of hydrogen-bond donors (Lipinski definition) is 1. The van der Waals surface area contributed by atoms with Crippen LogP contribution >= 0.6 is 11.3 Å². The van der Waals surface area contributed by atoms with E-state index in [-0.39, 0.29) is 23.1 Å². The van der Waals surface area contributed by atoms with Crippen molar-refractivity contribution in [3.05, 3.63) is 77.7 Å². The Morgan fingerprint density at radius 3 is 2.44 bits per heavy atom. The number of nitrogens with zero attached hydrogens (tertiary/aromatic N) is 1. The van der Waals surface area contributed by atoms with Crippen molar-refractivity contribution < 1.29 is 31.0 Å². The Hall–Kier alpha value is -2.15. The van der Waals surface area contributed by atoms with E-state index in [1.807, 2.05) is 29.6 Å². The van der Waals surface area contributed by atoms with Gasteiger partial charge < -0.3 is 26.2 Å². The molecule has 0 spiro atoms. The van der Waals surface area contributed by atoms with Gasteiger partial charge in [0, 0.05) is 25.2 Å². The highest BCUT2D eigenvalue weighted by Crippen LogP contribution is 2.38. The molecule has 1 N–H and O–H groups in total. The normalized spacial score (nSPS) is 23.2. The maximum atomic E-state index is 12.6. The molecule has 0 saturated carbocycles. The Morgan fingerprint density at radius 2 is 1.71 bits per heavy atom. The molecular formula is C28H33BrN2O2S. The first-order valence-electron chi connectivity index (χ1n) is 12.2. The third-order valence-corrected chi connectivity index (χ3v) is 8.51. The van der Waals surface area contributed by atoms with E-state index in [0.717, 1.165) is 29.1 Å². The van der Waals surface area contributed by atoms with E-state index in [4.69, 9.17) is 4.74 Å². The minimum absolute atomic E-state index is 0. The average Bonchev–Trinajstić information content (AvgIpc) is 3.32. The fraction of sp³-hybridized carbons (Fsp3) is 0.393. The Bertz CT molecular complexity index is 1050. The smallest absolute Gasteiger partial charge is 0.411 e. The van der Waals surface area contributed by atoms with Crippen LogP contribution in [-0.2, 0) is 11.2 Å². The second kappa shape index (κ2) is 11.5. The van der Waals surface area contributed by atoms with Crippen LogP contribution in [0.2, 0.25) is 0 Å². The number of ether oxygens (including phenoxy) is 1. The van der Waals surface area contributed by atoms with E-state index in [2.05, 4.69) is 47.8 Å². The molecule has 1 aromatic heterocycles. The highest BCUT2D eigenvalue weighted by molar-refractivity contribution is 7.14. The standard InChI is InChI=1S/C28H32N2O2S.BrH/c31-28(29-26-15-19-33-27(26)24-11-5-2-6-12-24)32-21-25-20-30(17-13-23(25)14-18-30)16-7-10-22-8-3-1-4-9-22;/h1-6,8-9,11-12,15,19,23,25H,7,10,13-14,16-18,20-21H2;1H. The fourth-order valence-electron chi connectivity index (χ4n) is 5.75. The second-order valence-corrected chi connectivity index (χ2v) is 10.6. The predicted molar refractivity (Wildman–Crippen MR) is 135 cm³/mol. The maximum absolute atomic E-state index is 12.6. The van der Waals surface area contributed by atoms with Crippen LogP contribution in [0.4, 0.5) is 10.5 Å². The lowest BCUT2D eigenvalue weighted by Gasteiger charge is -2.52. The molecule has 2 aromatic carbocycles. The SMILES string of the molecule is O=C(Nc1ccsc1-c1ccccc1)OCC1C[N+]2(CCCc3ccccc3)CCC1CC2.[Br-]. The summed E-state index contributed by atoms with van der Waals surface area (Å²) in [7, 11) is 0. The quantitative estimate of drug-likeness (QED) is 0.444. The monoisotopic (exact) mass is 540 g/mol. The molecule has 3 aromatic rings. The third kappa shape index (κ3) is 5.91. The molecule has 3 saturated heterocycles. The summed E-state index contributed by atoms with van der Waals surface area (Å²) in [6.07, 6.45) is 4.58. The van der Waals surface area contributed by atoms with E-state index >= 15 is 0 Å². The highest BCUT2D eigenvalue weighted by atomic mass is 79.9. The van der Waals surface area contributed by atoms with E-state index in [1.165, 1.54) is 48.9 Å². The topological polar surface area (TPSA) is 38.3 Å². The molecule has 3 fully saturated rings. The number of piperidine rings is 3. The number of amides is 1. The van der Waals surface area contributed by atoms with Gasteiger partial charge in [0.05, 0.1) is 36.7 Å². The molecular weight excluding hydrogens is 508 g/mol. The molecule has 4 nitrogen and oxygen atoms in total. The zero-order valence-corrected chi connectivity index (χ0v) is 21.9. The van der Waals surface area contributed by atoms with Crippen LogP contribution in [0, 0.1) is 11.8 Å². The van der Waals surface area contributed by atoms with E-state index in [1.54, 1.807) is 11.3 Å². The first-order chi connectivity index (χ1) is 16.2. The van der Waals surface area contributed by atoms with Gasteiger partial charge in [0.2, 0.25) is 0 Å². The largest absolute Gasteiger partial charge is 1.00 e. The van der Waals surface area contributed by atoms with Crippen molar-refractivity contribution in [2.75, 3.05) is 38.1 Å². The summed E-state index contributed by atoms with van der Waals surface area (Å²) in [5, 5.41) is 4.99. The van der Waals surface area contributed by atoms with Gasteiger partial charge in [-0.1, -0.05) is 60.7 Å². The number of anilines is 1. The summed E-state index contributed by atoms with van der Waals surface area (Å²) in [5.41, 5.74) is 3.37. The van der Waals surface area contributed by atoms with E-state index in [0.29, 0.717) is 18.4 Å². The number of rotatable bonds is 8. The summed E-state index contributed by atoms with van der Waals surface area (Å²) in [6.45, 7) is 5.50. The number of aryl methyl sites for hydroxylation is 1. The van der Waals surface area contributed by atoms with Crippen LogP contribution in [-0.4, -0.2) is 43.4 Å². The molecule has 1 amide bonds. The zero-order chi connectivity index (χ0) is 22.5. The van der Waals surface area contributed by atoms with Gasteiger partial charge in [0.15, 0.2) is 0 Å². The average molecular weight is 542 g/mol. The predicted octanol–water partition coefficient (Wildman–Crippen LogP) is 3.46. The van der Waals surface area contributed by atoms with Gasteiger partial charge >= 0.3 is 6.09 Å². The van der Waals surface area contributed by atoms with Crippen LogP contribution < -0.4 is 22.3 Å². The zero-order valence-electron chi connectivity index (χ0n) is 19.5. The Morgan fingerprint density at radius 1 is 1.00 bits per heavy atom. The molecule has 6 heteroatoms. The molecule has 34 heavy (non-hydrogen) atoms. The van der Waals surface area contributed by atoms with Gasteiger partial charge in [-0.15, -0.1) is 11.3 Å². The number of carbonyl (C=O) groups is 1. The van der Waals surface area contributed by atoms with Crippen LogP contribution in [0.1, 0.15) is 24.8 Å². The Balaban J connectivity index is 0.00000274. The first kappa shape index (κ1) is 25.0. The lowest BCUT2D eigenvalue weighted by Crippen LogP contribution is -3.00. The Kier molecular flexibility index (Phi) is 8.46. The number of halogens is 1. The highest BCUT2D eigenvalue weighted by Gasteiger charge is 2.45. The molecule has 6 rings (SSSR count). The number of carbonyl (C=O) groups excluding carboxylic acids is 1. The second-order valence-electron chi connectivity index (χ2n) is 9.63. The molecule has 1 unspecified atom stereocenters. The number of quaternary nitrogens is 1. The van der Waals surface area contributed by atoms with Crippen LogP contribution in [0.5, 0.6) is 0 Å². The summed E-state index contributed by atoms with van der Waals surface area (Å²) in [6, 6.07) is 22.9. The molecule has 2 bridgehead atoms. The van der Waals surface area contributed by atoms with Crippen molar-refractivity contribution in [1.82, 2.24) is 0 Å². The van der Waals surface area contributed by atoms with Crippen LogP contribution in [0.25, 0.3) is 10.4 Å². The molecule has 0 aliphatic carbocycles. The van der Waals surface area contributed by atoms with Gasteiger partial charge in [-0.25, -0.2) is 4.79 Å². The third-order valence-electron chi connectivity index (χ3n) is 7.54. The number of thiophene rings is 1. The van der Waals surface area contributed by atoms with Crippen molar-refractivity contribution in [1.29, 1.82) is 0 Å². The lowest BCUT2D eigenvalue weighted by molar-refractivity contribution is -0.947. The van der Waals surface area contributed by atoms with Gasteiger partial charge in [0.25, 0.3) is 0 Å². The fourth-order valence-corrected chi connectivity index (χ4v) is 6.61. The molecule has 1 atom stereocenters. The van der Waals surface area contributed by atoms with Crippen molar-refractivity contribution in [3.63, 3.8) is 0 Å². The number of fused-ring (bicyclic) bond motifs is 3. The van der Waals surface area contributed by atoms with Crippen molar-refractivity contribution in [3.8, 4) is 10.4 Å². The summed E-state index contributed by atoms with van der Waals surface area (Å²) in [5.74, 6) is 1.18. The van der Waals surface area contributed by atoms with E-state index in [9.17, 15) is 4.79 Å². The number of hydrogen-bond acceptors (Lipinski definition) is 3. The Labute approximate surface area is 217 Å². The van der Waals surface area contributed by atoms with Crippen molar-refractivity contribution in [2.45, 2.75) is 25.7 Å². The molecule has 0 radical (unpaired) electrons. The molecule has 3 aliphatic rings. The number of benzene rings is 2. The minimum Gasteiger partial charge on any atom is -1.00 e. The van der Waals surface area contributed by atoms with Gasteiger partial charge in [-0.2, -0.15) is 0 Å². The first-order valence-corrected chi connectivity index (χ1v) is 13.0. The summed E-state index contributed by atoms with van der Waals surface area (Å²) < 4.78 is 6.97. The van der Waals surface area contributed by atoms with Gasteiger partial charge in [0.1, 0.15) is 6.61 Å². The van der Waals surface area contributed by atoms with Gasteiger partial charge in [-0.05, 0) is 34.9 Å². The van der Waals surface area contributed by atoms with Crippen LogP contribution in [0.15, 0.2) is 72.1 Å². The van der Waals surface area contributed by atoms with E-state index < -0.39 is 0 Å². The molecule has 3 aliphatic heterocycles. The number of nitrogens with one attached hydrogen (secondary N) is 1. The van der Waals surface area contributed by atoms with Gasteiger partial charge in [-0.3, -0.25) is 5.32 Å². The minimum atomic E-state index is -0.336.